The molecule has 8 nitrogen and oxygen atoms in total. The molecule has 3 rings (SSSR count). The maximum atomic E-state index is 12.5. The summed E-state index contributed by atoms with van der Waals surface area (Å²) in [5.41, 5.74) is 0.323. The van der Waals surface area contributed by atoms with Crippen molar-refractivity contribution in [2.75, 3.05) is 19.3 Å². The van der Waals surface area contributed by atoms with E-state index in [0.29, 0.717) is 43.9 Å². The molecule has 1 aliphatic heterocycles. The molecule has 1 aromatic carbocycles. The molecule has 2 aromatic rings. The second-order valence-corrected chi connectivity index (χ2v) is 8.11. The third-order valence-electron chi connectivity index (χ3n) is 4.14. The Morgan fingerprint density at radius 2 is 2.04 bits per heavy atom. The molecule has 2 heterocycles. The van der Waals surface area contributed by atoms with Crippen LogP contribution in [0.15, 0.2) is 28.8 Å². The minimum atomic E-state index is -3.21. The van der Waals surface area contributed by atoms with Gasteiger partial charge < -0.3 is 9.26 Å². The first-order chi connectivity index (χ1) is 12.8. The number of nitrogens with one attached hydrogen (secondary N) is 1. The summed E-state index contributed by atoms with van der Waals surface area (Å²) >= 11 is 0. The lowest BCUT2D eigenvalue weighted by atomic mass is 10.1. The van der Waals surface area contributed by atoms with Crippen molar-refractivity contribution in [2.24, 2.45) is 0 Å². The Morgan fingerprint density at radius 3 is 2.70 bits per heavy atom. The molecule has 11 heteroatoms. The molecule has 0 unspecified atom stereocenters. The van der Waals surface area contributed by atoms with E-state index in [0.717, 1.165) is 6.26 Å². The van der Waals surface area contributed by atoms with Crippen LogP contribution in [-0.4, -0.2) is 55.5 Å². The molecule has 0 radical (unpaired) electrons. The molecule has 0 amide bonds. The largest absolute Gasteiger partial charge is 0.434 e. The van der Waals surface area contributed by atoms with E-state index in [4.69, 9.17) is 4.52 Å². The molecule has 0 saturated carbocycles. The van der Waals surface area contributed by atoms with Gasteiger partial charge in [-0.15, -0.1) is 0 Å². The Kier molecular flexibility index (Phi) is 6.02. The van der Waals surface area contributed by atoms with Gasteiger partial charge >= 0.3 is 6.61 Å². The van der Waals surface area contributed by atoms with Crippen LogP contribution in [0.25, 0.3) is 11.4 Å². The second-order valence-electron chi connectivity index (χ2n) is 6.33. The summed E-state index contributed by atoms with van der Waals surface area (Å²) < 4.78 is 60.0. The van der Waals surface area contributed by atoms with Gasteiger partial charge in [-0.2, -0.15) is 13.8 Å². The van der Waals surface area contributed by atoms with E-state index in [1.54, 1.807) is 18.2 Å². The van der Waals surface area contributed by atoms with Crippen molar-refractivity contribution in [2.45, 2.75) is 32.0 Å². The minimum absolute atomic E-state index is 0.0208. The van der Waals surface area contributed by atoms with Gasteiger partial charge in [0.1, 0.15) is 5.75 Å². The highest BCUT2D eigenvalue weighted by Crippen LogP contribution is 2.29. The van der Waals surface area contributed by atoms with Crippen LogP contribution in [0.3, 0.4) is 0 Å². The van der Waals surface area contributed by atoms with Crippen molar-refractivity contribution < 1.29 is 26.5 Å². The van der Waals surface area contributed by atoms with Crippen LogP contribution >= 0.6 is 0 Å². The zero-order chi connectivity index (χ0) is 19.4. The zero-order valence-electron chi connectivity index (χ0n) is 14.6. The van der Waals surface area contributed by atoms with Crippen molar-refractivity contribution in [3.63, 3.8) is 0 Å². The number of halogens is 2. The number of aromatic nitrogens is 2. The van der Waals surface area contributed by atoms with Crippen LogP contribution in [0.1, 0.15) is 18.7 Å². The molecular weight excluding hydrogens is 382 g/mol. The van der Waals surface area contributed by atoms with Gasteiger partial charge in [0.05, 0.1) is 18.4 Å². The standard InChI is InChI=1S/C16H20F2N4O4S/c1-27(23,24)21-11-6-8-22(9-7-11)10-14-19-15(20-26-14)12-4-2-3-5-13(12)25-16(17)18/h2-5,11,16,21H,6-10H2,1H3. The predicted molar refractivity (Wildman–Crippen MR) is 92.6 cm³/mol. The number of nitrogens with zero attached hydrogens (tertiary/aromatic N) is 3. The fourth-order valence-corrected chi connectivity index (χ4v) is 3.82. The molecule has 0 atom stereocenters. The highest BCUT2D eigenvalue weighted by Gasteiger charge is 2.23. The Labute approximate surface area is 155 Å². The normalized spacial score (nSPS) is 16.7. The van der Waals surface area contributed by atoms with Crippen molar-refractivity contribution in [3.05, 3.63) is 30.2 Å². The number of para-hydroxylation sites is 1. The number of sulfonamides is 1. The number of rotatable bonds is 7. The Hall–Kier alpha value is -2.11. The maximum Gasteiger partial charge on any atom is 0.387 e. The fourth-order valence-electron chi connectivity index (χ4n) is 2.98. The fraction of sp³-hybridized carbons (Fsp3) is 0.500. The first-order valence-electron chi connectivity index (χ1n) is 8.36. The third-order valence-corrected chi connectivity index (χ3v) is 4.90. The van der Waals surface area contributed by atoms with Crippen LogP contribution < -0.4 is 9.46 Å². The average molecular weight is 402 g/mol. The SMILES string of the molecule is CS(=O)(=O)NC1CCN(Cc2nc(-c3ccccc3OC(F)F)no2)CC1. The molecule has 148 valence electrons. The lowest BCUT2D eigenvalue weighted by Gasteiger charge is -2.30. The number of hydrogen-bond acceptors (Lipinski definition) is 7. The molecule has 1 aliphatic rings. The Balaban J connectivity index is 1.61. The smallest absolute Gasteiger partial charge is 0.387 e. The van der Waals surface area contributed by atoms with E-state index >= 15 is 0 Å². The molecule has 1 fully saturated rings. The Bertz CT molecular complexity index is 867. The van der Waals surface area contributed by atoms with Gasteiger partial charge in [-0.1, -0.05) is 17.3 Å². The van der Waals surface area contributed by atoms with Gasteiger partial charge in [-0.3, -0.25) is 4.90 Å². The first-order valence-corrected chi connectivity index (χ1v) is 10.3. The quantitative estimate of drug-likeness (QED) is 0.755. The average Bonchev–Trinajstić information content (AvgIpc) is 3.04. The molecule has 0 bridgehead atoms. The highest BCUT2D eigenvalue weighted by atomic mass is 32.2. The predicted octanol–water partition coefficient (Wildman–Crippen LogP) is 1.85. The summed E-state index contributed by atoms with van der Waals surface area (Å²) in [7, 11) is -3.21. The zero-order valence-corrected chi connectivity index (χ0v) is 15.5. The van der Waals surface area contributed by atoms with E-state index in [-0.39, 0.29) is 17.6 Å². The molecule has 0 aliphatic carbocycles. The van der Waals surface area contributed by atoms with E-state index in [1.165, 1.54) is 6.07 Å². The molecule has 1 aromatic heterocycles. The number of piperidine rings is 1. The van der Waals surface area contributed by atoms with Gasteiger partial charge in [0.25, 0.3) is 0 Å². The van der Waals surface area contributed by atoms with E-state index in [2.05, 4.69) is 24.5 Å². The molecule has 0 spiro atoms. The van der Waals surface area contributed by atoms with Gasteiger partial charge in [-0.05, 0) is 25.0 Å². The summed E-state index contributed by atoms with van der Waals surface area (Å²) in [5.74, 6) is 0.508. The van der Waals surface area contributed by atoms with Crippen molar-refractivity contribution in [1.82, 2.24) is 19.8 Å². The maximum absolute atomic E-state index is 12.5. The summed E-state index contributed by atoms with van der Waals surface area (Å²) in [4.78, 5) is 6.33. The number of benzene rings is 1. The van der Waals surface area contributed by atoms with Gasteiger partial charge in [0.15, 0.2) is 0 Å². The number of ether oxygens (including phenoxy) is 1. The van der Waals surface area contributed by atoms with Crippen LogP contribution in [0, 0.1) is 0 Å². The van der Waals surface area contributed by atoms with E-state index in [9.17, 15) is 17.2 Å². The lowest BCUT2D eigenvalue weighted by molar-refractivity contribution is -0.0494. The first kappa shape index (κ1) is 19.6. The van der Waals surface area contributed by atoms with Gasteiger partial charge in [0.2, 0.25) is 21.7 Å². The second kappa shape index (κ2) is 8.28. The highest BCUT2D eigenvalue weighted by molar-refractivity contribution is 7.88. The van der Waals surface area contributed by atoms with Crippen molar-refractivity contribution >= 4 is 10.0 Å². The molecule has 1 saturated heterocycles. The van der Waals surface area contributed by atoms with Crippen molar-refractivity contribution in [1.29, 1.82) is 0 Å². The van der Waals surface area contributed by atoms with E-state index in [1.807, 2.05) is 0 Å². The number of alkyl halides is 2. The minimum Gasteiger partial charge on any atom is -0.434 e. The van der Waals surface area contributed by atoms with Crippen LogP contribution in [0.4, 0.5) is 8.78 Å². The number of likely N-dealkylation sites (tertiary alicyclic amines) is 1. The lowest BCUT2D eigenvalue weighted by Crippen LogP contribution is -2.43. The van der Waals surface area contributed by atoms with Crippen LogP contribution in [0.5, 0.6) is 5.75 Å². The summed E-state index contributed by atoms with van der Waals surface area (Å²) in [6.45, 7) is -1.19. The molecular formula is C16H20F2N4O4S. The summed E-state index contributed by atoms with van der Waals surface area (Å²) in [5, 5.41) is 3.85. The third kappa shape index (κ3) is 5.68. The monoisotopic (exact) mass is 402 g/mol. The number of hydrogen-bond donors (Lipinski definition) is 1. The van der Waals surface area contributed by atoms with E-state index < -0.39 is 16.6 Å². The van der Waals surface area contributed by atoms with Gasteiger partial charge in [0, 0.05) is 19.1 Å². The van der Waals surface area contributed by atoms with Crippen LogP contribution in [0.2, 0.25) is 0 Å². The Morgan fingerprint density at radius 1 is 1.33 bits per heavy atom. The molecule has 27 heavy (non-hydrogen) atoms. The van der Waals surface area contributed by atoms with Crippen LogP contribution in [-0.2, 0) is 16.6 Å². The van der Waals surface area contributed by atoms with Crippen molar-refractivity contribution in [3.8, 4) is 17.1 Å². The summed E-state index contributed by atoms with van der Waals surface area (Å²) in [6, 6.07) is 6.17. The molecule has 1 N–H and O–H groups in total. The van der Waals surface area contributed by atoms with Gasteiger partial charge in [-0.25, -0.2) is 13.1 Å². The topological polar surface area (TPSA) is 97.6 Å². The summed E-state index contributed by atoms with van der Waals surface area (Å²) in [6.07, 6.45) is 2.51.